The van der Waals surface area contributed by atoms with Crippen molar-refractivity contribution in [3.05, 3.63) is 59.4 Å². The van der Waals surface area contributed by atoms with Crippen LogP contribution in [0.25, 0.3) is 0 Å². The molecule has 0 aliphatic heterocycles. The van der Waals surface area contributed by atoms with Crippen LogP contribution in [0.3, 0.4) is 0 Å². The Kier molecular flexibility index (Phi) is 7.10. The fourth-order valence-electron chi connectivity index (χ4n) is 2.67. The number of rotatable bonds is 8. The molecule has 1 atom stereocenters. The normalized spacial score (nSPS) is 12.6. The number of amides is 1. The number of carbonyl (C=O) groups is 1. The summed E-state index contributed by atoms with van der Waals surface area (Å²) in [6.45, 7) is 3.03. The number of aliphatic hydroxyl groups excluding tert-OH is 1. The van der Waals surface area contributed by atoms with E-state index in [-0.39, 0.29) is 28.3 Å². The van der Waals surface area contributed by atoms with E-state index >= 15 is 0 Å². The summed E-state index contributed by atoms with van der Waals surface area (Å²) in [6.07, 6.45) is 0.952. The maximum atomic E-state index is 13.7. The number of sulfone groups is 1. The molecule has 2 rings (SSSR count). The third kappa shape index (κ3) is 5.61. The van der Waals surface area contributed by atoms with E-state index in [1.807, 2.05) is 0 Å². The van der Waals surface area contributed by atoms with Gasteiger partial charge in [-0.15, -0.1) is 0 Å². The number of hydrogen-bond donors (Lipinski definition) is 2. The van der Waals surface area contributed by atoms with Gasteiger partial charge in [-0.05, 0) is 55.2 Å². The summed E-state index contributed by atoms with van der Waals surface area (Å²) in [4.78, 5) is 12.5. The molecule has 0 unspecified atom stereocenters. The fourth-order valence-corrected chi connectivity index (χ4v) is 3.78. The number of carbonyl (C=O) groups excluding carboxylic acids is 1. The molecule has 27 heavy (non-hydrogen) atoms. The summed E-state index contributed by atoms with van der Waals surface area (Å²) < 4.78 is 37.7. The van der Waals surface area contributed by atoms with Crippen molar-refractivity contribution in [2.75, 3.05) is 17.7 Å². The summed E-state index contributed by atoms with van der Waals surface area (Å²) in [7, 11) is -3.54. The molecule has 2 N–H and O–H groups in total. The number of anilines is 1. The standard InChI is InChI=1S/C20H24FNO4S/c1-14(7-8-16-5-3-4-6-18(16)21)20(24)22-19-10-9-17(13-15(19)2)27(25,26)12-11-23/h3-6,9-10,13-14,23H,7-8,11-12H2,1-2H3,(H,22,24)/t14-/m1/s1. The number of halogens is 1. The smallest absolute Gasteiger partial charge is 0.227 e. The van der Waals surface area contributed by atoms with E-state index in [9.17, 15) is 17.6 Å². The minimum absolute atomic E-state index is 0.111. The van der Waals surface area contributed by atoms with E-state index in [1.54, 1.807) is 38.1 Å². The van der Waals surface area contributed by atoms with Gasteiger partial charge in [-0.3, -0.25) is 4.79 Å². The van der Waals surface area contributed by atoms with Crippen molar-refractivity contribution in [2.45, 2.75) is 31.6 Å². The molecule has 2 aromatic carbocycles. The van der Waals surface area contributed by atoms with Gasteiger partial charge in [-0.1, -0.05) is 25.1 Å². The zero-order valence-electron chi connectivity index (χ0n) is 15.4. The Bertz CT molecular complexity index is 912. The van der Waals surface area contributed by atoms with Gasteiger partial charge in [0, 0.05) is 11.6 Å². The summed E-state index contributed by atoms with van der Waals surface area (Å²) in [6, 6.07) is 10.9. The van der Waals surface area contributed by atoms with Crippen molar-refractivity contribution < 1.29 is 22.7 Å². The lowest BCUT2D eigenvalue weighted by Gasteiger charge is -2.15. The van der Waals surface area contributed by atoms with E-state index in [1.165, 1.54) is 18.2 Å². The Morgan fingerprint density at radius 3 is 2.56 bits per heavy atom. The van der Waals surface area contributed by atoms with Crippen LogP contribution in [0.15, 0.2) is 47.4 Å². The predicted molar refractivity (Wildman–Crippen MR) is 103 cm³/mol. The van der Waals surface area contributed by atoms with Crippen molar-refractivity contribution in [3.8, 4) is 0 Å². The van der Waals surface area contributed by atoms with Crippen LogP contribution in [-0.4, -0.2) is 31.8 Å². The van der Waals surface area contributed by atoms with Crippen molar-refractivity contribution in [1.29, 1.82) is 0 Å². The average Bonchev–Trinajstić information content (AvgIpc) is 2.62. The molecule has 0 saturated heterocycles. The quantitative estimate of drug-likeness (QED) is 0.722. The van der Waals surface area contributed by atoms with Crippen LogP contribution in [0.4, 0.5) is 10.1 Å². The number of nitrogens with one attached hydrogen (secondary N) is 1. The summed E-state index contributed by atoms with van der Waals surface area (Å²) >= 11 is 0. The highest BCUT2D eigenvalue weighted by Crippen LogP contribution is 2.22. The molecule has 0 saturated carbocycles. The number of benzene rings is 2. The fraction of sp³-hybridized carbons (Fsp3) is 0.350. The van der Waals surface area contributed by atoms with E-state index in [2.05, 4.69) is 5.32 Å². The van der Waals surface area contributed by atoms with Gasteiger partial charge in [0.1, 0.15) is 5.82 Å². The van der Waals surface area contributed by atoms with Crippen molar-refractivity contribution in [3.63, 3.8) is 0 Å². The highest BCUT2D eigenvalue weighted by molar-refractivity contribution is 7.91. The van der Waals surface area contributed by atoms with Gasteiger partial charge in [-0.25, -0.2) is 12.8 Å². The van der Waals surface area contributed by atoms with Gasteiger partial charge < -0.3 is 10.4 Å². The zero-order valence-corrected chi connectivity index (χ0v) is 16.2. The lowest BCUT2D eigenvalue weighted by atomic mass is 10.00. The second-order valence-corrected chi connectivity index (χ2v) is 8.65. The maximum Gasteiger partial charge on any atom is 0.227 e. The van der Waals surface area contributed by atoms with Crippen LogP contribution in [-0.2, 0) is 21.1 Å². The topological polar surface area (TPSA) is 83.5 Å². The second-order valence-electron chi connectivity index (χ2n) is 6.54. The van der Waals surface area contributed by atoms with Crippen LogP contribution in [0, 0.1) is 18.7 Å². The van der Waals surface area contributed by atoms with E-state index < -0.39 is 16.4 Å². The molecule has 2 aromatic rings. The highest BCUT2D eigenvalue weighted by atomic mass is 32.2. The van der Waals surface area contributed by atoms with Gasteiger partial charge in [0.25, 0.3) is 0 Å². The molecule has 0 aliphatic rings. The van der Waals surface area contributed by atoms with Crippen molar-refractivity contribution in [2.24, 2.45) is 5.92 Å². The number of hydrogen-bond acceptors (Lipinski definition) is 4. The van der Waals surface area contributed by atoms with E-state index in [0.29, 0.717) is 29.7 Å². The molecule has 0 spiro atoms. The minimum Gasteiger partial charge on any atom is -0.395 e. The zero-order chi connectivity index (χ0) is 20.0. The number of aryl methyl sites for hydroxylation is 2. The van der Waals surface area contributed by atoms with Gasteiger partial charge in [0.05, 0.1) is 17.3 Å². The Balaban J connectivity index is 2.01. The Labute approximate surface area is 159 Å². The molecule has 0 radical (unpaired) electrons. The summed E-state index contributed by atoms with van der Waals surface area (Å²) in [5.41, 5.74) is 1.72. The molecule has 1 amide bonds. The lowest BCUT2D eigenvalue weighted by Crippen LogP contribution is -2.21. The SMILES string of the molecule is Cc1cc(S(=O)(=O)CCO)ccc1NC(=O)[C@H](C)CCc1ccccc1F. The molecular weight excluding hydrogens is 369 g/mol. The molecule has 0 aromatic heterocycles. The van der Waals surface area contributed by atoms with Gasteiger partial charge in [0.2, 0.25) is 5.91 Å². The van der Waals surface area contributed by atoms with Gasteiger partial charge >= 0.3 is 0 Å². The first-order chi connectivity index (χ1) is 12.7. The first kappa shape index (κ1) is 21.1. The summed E-state index contributed by atoms with van der Waals surface area (Å²) in [5, 5.41) is 11.7. The number of aliphatic hydroxyl groups is 1. The Morgan fingerprint density at radius 1 is 1.22 bits per heavy atom. The highest BCUT2D eigenvalue weighted by Gasteiger charge is 2.18. The third-order valence-corrected chi connectivity index (χ3v) is 6.12. The molecule has 0 bridgehead atoms. The first-order valence-electron chi connectivity index (χ1n) is 8.73. The van der Waals surface area contributed by atoms with Crippen LogP contribution in [0.2, 0.25) is 0 Å². The molecule has 146 valence electrons. The minimum atomic E-state index is -3.54. The van der Waals surface area contributed by atoms with E-state index in [0.717, 1.165) is 0 Å². The Hall–Kier alpha value is -2.25. The van der Waals surface area contributed by atoms with Gasteiger partial charge in [0.15, 0.2) is 9.84 Å². The van der Waals surface area contributed by atoms with Crippen LogP contribution >= 0.6 is 0 Å². The Morgan fingerprint density at radius 2 is 1.93 bits per heavy atom. The van der Waals surface area contributed by atoms with Crippen molar-refractivity contribution in [1.82, 2.24) is 0 Å². The predicted octanol–water partition coefficient (Wildman–Crippen LogP) is 3.11. The summed E-state index contributed by atoms with van der Waals surface area (Å²) in [5.74, 6) is -1.16. The van der Waals surface area contributed by atoms with Crippen LogP contribution < -0.4 is 5.32 Å². The van der Waals surface area contributed by atoms with E-state index in [4.69, 9.17) is 5.11 Å². The molecule has 0 aliphatic carbocycles. The first-order valence-corrected chi connectivity index (χ1v) is 10.4. The lowest BCUT2D eigenvalue weighted by molar-refractivity contribution is -0.119. The third-order valence-electron chi connectivity index (χ3n) is 4.43. The average molecular weight is 393 g/mol. The molecule has 5 nitrogen and oxygen atoms in total. The molecular formula is C20H24FNO4S. The molecule has 0 heterocycles. The molecule has 7 heteroatoms. The monoisotopic (exact) mass is 393 g/mol. The van der Waals surface area contributed by atoms with Crippen LogP contribution in [0.1, 0.15) is 24.5 Å². The van der Waals surface area contributed by atoms with Crippen LogP contribution in [0.5, 0.6) is 0 Å². The largest absolute Gasteiger partial charge is 0.395 e. The molecule has 0 fully saturated rings. The second kappa shape index (κ2) is 9.10. The van der Waals surface area contributed by atoms with Gasteiger partial charge in [-0.2, -0.15) is 0 Å². The van der Waals surface area contributed by atoms with Crippen molar-refractivity contribution >= 4 is 21.4 Å². The maximum absolute atomic E-state index is 13.7.